The Morgan fingerprint density at radius 1 is 1.20 bits per heavy atom. The molecule has 0 aliphatic carbocycles. The van der Waals surface area contributed by atoms with Crippen molar-refractivity contribution in [3.8, 4) is 0 Å². The second kappa shape index (κ2) is 6.89. The maximum absolute atomic E-state index is 6.10. The molecule has 0 aromatic carbocycles. The fourth-order valence-corrected chi connectivity index (χ4v) is 1.75. The van der Waals surface area contributed by atoms with Crippen LogP contribution in [0.5, 0.6) is 0 Å². The summed E-state index contributed by atoms with van der Waals surface area (Å²) < 4.78 is 0. The van der Waals surface area contributed by atoms with Crippen molar-refractivity contribution < 1.29 is 0 Å². The van der Waals surface area contributed by atoms with Gasteiger partial charge in [-0.1, -0.05) is 45.4 Å². The average Bonchev–Trinajstić information content (AvgIpc) is 2.14. The third kappa shape index (κ3) is 4.70. The van der Waals surface area contributed by atoms with Crippen molar-refractivity contribution >= 4 is 7.85 Å². The summed E-state index contributed by atoms with van der Waals surface area (Å²) in [6.45, 7) is 10.8. The fraction of sp³-hybridized carbons (Fsp3) is 0.692. The van der Waals surface area contributed by atoms with Gasteiger partial charge >= 0.3 is 0 Å². The van der Waals surface area contributed by atoms with E-state index in [1.807, 2.05) is 7.05 Å². The molecule has 0 amide bonds. The van der Waals surface area contributed by atoms with Crippen molar-refractivity contribution in [3.63, 3.8) is 0 Å². The Labute approximate surface area is 96.4 Å². The van der Waals surface area contributed by atoms with Gasteiger partial charge in [-0.2, -0.15) is 0 Å². The van der Waals surface area contributed by atoms with E-state index in [0.717, 1.165) is 5.47 Å². The highest BCUT2D eigenvalue weighted by Gasteiger charge is 2.12. The smallest absolute Gasteiger partial charge is 0.109 e. The molecule has 0 rings (SSSR count). The number of hydrogen-bond donors (Lipinski definition) is 1. The van der Waals surface area contributed by atoms with Crippen LogP contribution in [0.4, 0.5) is 0 Å². The van der Waals surface area contributed by atoms with Gasteiger partial charge in [0.25, 0.3) is 0 Å². The third-order valence-electron chi connectivity index (χ3n) is 2.67. The minimum absolute atomic E-state index is 0.263. The van der Waals surface area contributed by atoms with Gasteiger partial charge in [-0.05, 0) is 25.8 Å². The van der Waals surface area contributed by atoms with Crippen LogP contribution in [0.3, 0.4) is 0 Å². The third-order valence-corrected chi connectivity index (χ3v) is 2.67. The molecular formula is C13H24BN. The van der Waals surface area contributed by atoms with Gasteiger partial charge in [-0.3, -0.25) is 0 Å². The summed E-state index contributed by atoms with van der Waals surface area (Å²) in [6, 6.07) is 0.263. The number of likely N-dealkylation sites (N-methyl/N-ethyl adjacent to an activating group) is 1. The highest BCUT2D eigenvalue weighted by molar-refractivity contribution is 6.22. The van der Waals surface area contributed by atoms with Crippen LogP contribution in [0.15, 0.2) is 23.2 Å². The molecule has 0 saturated carbocycles. The first-order valence-corrected chi connectivity index (χ1v) is 5.74. The summed E-state index contributed by atoms with van der Waals surface area (Å²) in [6.07, 6.45) is 4.23. The SMILES string of the molecule is [B]/C(=C/C(=C\C)C(C)C)C(NC)C(C)C. The van der Waals surface area contributed by atoms with Crippen LogP contribution in [0.25, 0.3) is 0 Å². The predicted octanol–water partition coefficient (Wildman–Crippen LogP) is 2.89. The van der Waals surface area contributed by atoms with Crippen molar-refractivity contribution in [1.29, 1.82) is 0 Å². The molecule has 1 N–H and O–H groups in total. The zero-order valence-corrected chi connectivity index (χ0v) is 11.0. The van der Waals surface area contributed by atoms with E-state index in [9.17, 15) is 0 Å². The van der Waals surface area contributed by atoms with Gasteiger partial charge < -0.3 is 5.32 Å². The van der Waals surface area contributed by atoms with Crippen LogP contribution in [0.1, 0.15) is 34.6 Å². The minimum Gasteiger partial charge on any atom is -0.314 e. The Kier molecular flexibility index (Phi) is 6.66. The molecule has 0 aliphatic heterocycles. The Hall–Kier alpha value is -0.495. The van der Waals surface area contributed by atoms with E-state index >= 15 is 0 Å². The molecule has 1 nitrogen and oxygen atoms in total. The van der Waals surface area contributed by atoms with Crippen molar-refractivity contribution in [2.45, 2.75) is 40.7 Å². The molecule has 0 bridgehead atoms. The van der Waals surface area contributed by atoms with Crippen LogP contribution in [0.2, 0.25) is 0 Å². The monoisotopic (exact) mass is 205 g/mol. The van der Waals surface area contributed by atoms with Crippen molar-refractivity contribution in [3.05, 3.63) is 23.2 Å². The summed E-state index contributed by atoms with van der Waals surface area (Å²) in [4.78, 5) is 0. The zero-order chi connectivity index (χ0) is 12.0. The Bertz CT molecular complexity index is 239. The van der Waals surface area contributed by atoms with E-state index in [1.54, 1.807) is 0 Å². The lowest BCUT2D eigenvalue weighted by Gasteiger charge is -2.22. The topological polar surface area (TPSA) is 12.0 Å². The lowest BCUT2D eigenvalue weighted by atomic mass is 9.80. The molecule has 0 fully saturated rings. The normalized spacial score (nSPS) is 16.3. The van der Waals surface area contributed by atoms with Crippen LogP contribution in [0, 0.1) is 11.8 Å². The Morgan fingerprint density at radius 2 is 1.73 bits per heavy atom. The first-order chi connectivity index (χ1) is 6.93. The molecular weight excluding hydrogens is 181 g/mol. The van der Waals surface area contributed by atoms with E-state index < -0.39 is 0 Å². The predicted molar refractivity (Wildman–Crippen MR) is 70.1 cm³/mol. The summed E-state index contributed by atoms with van der Waals surface area (Å²) in [5.74, 6) is 1.04. The maximum Gasteiger partial charge on any atom is 0.109 e. The molecule has 0 saturated heterocycles. The molecule has 15 heavy (non-hydrogen) atoms. The van der Waals surface area contributed by atoms with Crippen molar-refractivity contribution in [1.82, 2.24) is 5.32 Å². The van der Waals surface area contributed by atoms with Gasteiger partial charge in [0.1, 0.15) is 7.85 Å². The second-order valence-electron chi connectivity index (χ2n) is 4.60. The quantitative estimate of drug-likeness (QED) is 0.537. The number of nitrogens with one attached hydrogen (secondary N) is 1. The highest BCUT2D eigenvalue weighted by atomic mass is 14.9. The Balaban J connectivity index is 4.80. The molecule has 0 aliphatic rings. The van der Waals surface area contributed by atoms with Crippen LogP contribution < -0.4 is 5.32 Å². The highest BCUT2D eigenvalue weighted by Crippen LogP contribution is 2.16. The molecule has 84 valence electrons. The standard InChI is InChI=1S/C13H24BN/c1-7-11(9(2)3)8-12(14)13(15-6)10(4)5/h7-10,13,15H,1-6H3/b11-7+,12-8+. The van der Waals surface area contributed by atoms with E-state index in [1.165, 1.54) is 5.57 Å². The van der Waals surface area contributed by atoms with Gasteiger partial charge in [0.15, 0.2) is 0 Å². The van der Waals surface area contributed by atoms with Gasteiger partial charge in [0.2, 0.25) is 0 Å². The van der Waals surface area contributed by atoms with E-state index in [0.29, 0.717) is 11.8 Å². The molecule has 2 heteroatoms. The van der Waals surface area contributed by atoms with Gasteiger partial charge in [0.05, 0.1) is 0 Å². The minimum atomic E-state index is 0.263. The summed E-state index contributed by atoms with van der Waals surface area (Å²) >= 11 is 0. The second-order valence-corrected chi connectivity index (χ2v) is 4.60. The van der Waals surface area contributed by atoms with Gasteiger partial charge in [0, 0.05) is 6.04 Å². The first kappa shape index (κ1) is 14.5. The average molecular weight is 205 g/mol. The zero-order valence-electron chi connectivity index (χ0n) is 11.0. The Morgan fingerprint density at radius 3 is 2.00 bits per heavy atom. The first-order valence-electron chi connectivity index (χ1n) is 5.74. The number of rotatable bonds is 5. The van der Waals surface area contributed by atoms with Gasteiger partial charge in [-0.15, -0.1) is 5.47 Å². The lowest BCUT2D eigenvalue weighted by molar-refractivity contribution is 0.492. The van der Waals surface area contributed by atoms with Crippen LogP contribution in [-0.2, 0) is 0 Å². The van der Waals surface area contributed by atoms with Crippen LogP contribution >= 0.6 is 0 Å². The molecule has 0 spiro atoms. The molecule has 0 aromatic rings. The largest absolute Gasteiger partial charge is 0.314 e. The number of allylic oxidation sites excluding steroid dienone is 3. The summed E-state index contributed by atoms with van der Waals surface area (Å²) in [5.41, 5.74) is 2.22. The molecule has 1 atom stereocenters. The molecule has 2 radical (unpaired) electrons. The van der Waals surface area contributed by atoms with E-state index in [-0.39, 0.29) is 6.04 Å². The van der Waals surface area contributed by atoms with Crippen LogP contribution in [-0.4, -0.2) is 20.9 Å². The van der Waals surface area contributed by atoms with E-state index in [4.69, 9.17) is 7.85 Å². The number of hydrogen-bond acceptors (Lipinski definition) is 1. The fourth-order valence-electron chi connectivity index (χ4n) is 1.75. The molecule has 1 unspecified atom stereocenters. The van der Waals surface area contributed by atoms with Gasteiger partial charge in [-0.25, -0.2) is 0 Å². The van der Waals surface area contributed by atoms with E-state index in [2.05, 4.69) is 52.1 Å². The van der Waals surface area contributed by atoms with Crippen molar-refractivity contribution in [2.75, 3.05) is 7.05 Å². The lowest BCUT2D eigenvalue weighted by Crippen LogP contribution is -2.33. The maximum atomic E-state index is 6.10. The summed E-state index contributed by atoms with van der Waals surface area (Å²) in [7, 11) is 8.06. The molecule has 0 heterocycles. The van der Waals surface area contributed by atoms with Crippen molar-refractivity contribution in [2.24, 2.45) is 11.8 Å². The summed E-state index contributed by atoms with van der Waals surface area (Å²) in [5, 5.41) is 3.25. The molecule has 0 aromatic heterocycles.